The number of benzene rings is 2. The van der Waals surface area contributed by atoms with Crippen molar-refractivity contribution in [3.63, 3.8) is 0 Å². The average molecular weight is 425 g/mol. The molecule has 27 heavy (non-hydrogen) atoms. The molecule has 1 atom stereocenters. The van der Waals surface area contributed by atoms with Crippen molar-refractivity contribution in [2.45, 2.75) is 32.2 Å². The molecule has 0 aliphatic heterocycles. The Morgan fingerprint density at radius 3 is 2.70 bits per heavy atom. The largest absolute Gasteiger partial charge is 0.331 e. The van der Waals surface area contributed by atoms with E-state index in [0.717, 1.165) is 35.1 Å². The second kappa shape index (κ2) is 7.56. The Balaban J connectivity index is 1.56. The third-order valence-electron chi connectivity index (χ3n) is 4.89. The Bertz CT molecular complexity index is 968. The van der Waals surface area contributed by atoms with Gasteiger partial charge in [-0.1, -0.05) is 42.5 Å². The van der Waals surface area contributed by atoms with E-state index in [1.54, 1.807) is 4.68 Å². The summed E-state index contributed by atoms with van der Waals surface area (Å²) in [6.45, 7) is 1.91. The number of rotatable bonds is 3. The highest BCUT2D eigenvalue weighted by atomic mass is 79.9. The minimum atomic E-state index is -0.227. The van der Waals surface area contributed by atoms with Crippen molar-refractivity contribution in [3.05, 3.63) is 75.9 Å². The molecular formula is C21H21BrN4O. The van der Waals surface area contributed by atoms with Crippen LogP contribution in [-0.4, -0.2) is 15.8 Å². The molecule has 2 N–H and O–H groups in total. The SMILES string of the molecule is Cc1nn(-c2ccccc2)c(NC(=O)N[C@H]2CCCc3ccccc32)c1Br. The standard InChI is InChI=1S/C21H21BrN4O/c1-14-19(22)20(26(25-14)16-10-3-2-4-11-16)24-21(27)23-18-13-7-9-15-8-5-6-12-17(15)18/h2-6,8,10-12,18H,7,9,13H2,1H3,(H2,23,24,27)/t18-/m0/s1. The van der Waals surface area contributed by atoms with E-state index in [0.29, 0.717) is 5.82 Å². The second-order valence-electron chi connectivity index (χ2n) is 6.74. The maximum Gasteiger partial charge on any atom is 0.320 e. The number of aromatic nitrogens is 2. The van der Waals surface area contributed by atoms with Gasteiger partial charge in [0.15, 0.2) is 5.82 Å². The van der Waals surface area contributed by atoms with Crippen LogP contribution < -0.4 is 10.6 Å². The molecule has 1 aliphatic carbocycles. The molecule has 1 aromatic heterocycles. The minimum Gasteiger partial charge on any atom is -0.331 e. The summed E-state index contributed by atoms with van der Waals surface area (Å²) in [7, 11) is 0. The van der Waals surface area contributed by atoms with Crippen molar-refractivity contribution in [3.8, 4) is 5.69 Å². The predicted molar refractivity (Wildman–Crippen MR) is 110 cm³/mol. The maximum absolute atomic E-state index is 12.8. The van der Waals surface area contributed by atoms with Crippen molar-refractivity contribution >= 4 is 27.8 Å². The number of carbonyl (C=O) groups excluding carboxylic acids is 1. The predicted octanol–water partition coefficient (Wildman–Crippen LogP) is 5.14. The van der Waals surface area contributed by atoms with Gasteiger partial charge in [-0.05, 0) is 65.4 Å². The van der Waals surface area contributed by atoms with Crippen molar-refractivity contribution in [1.29, 1.82) is 0 Å². The first-order valence-electron chi connectivity index (χ1n) is 9.09. The lowest BCUT2D eigenvalue weighted by Gasteiger charge is -2.26. The number of hydrogen-bond acceptors (Lipinski definition) is 2. The highest BCUT2D eigenvalue weighted by molar-refractivity contribution is 9.10. The molecule has 5 nitrogen and oxygen atoms in total. The molecule has 4 rings (SSSR count). The number of aryl methyl sites for hydroxylation is 2. The van der Waals surface area contributed by atoms with Crippen LogP contribution in [0.3, 0.4) is 0 Å². The number of amides is 2. The van der Waals surface area contributed by atoms with Gasteiger partial charge in [0.05, 0.1) is 21.9 Å². The van der Waals surface area contributed by atoms with E-state index in [2.05, 4.69) is 49.9 Å². The lowest BCUT2D eigenvalue weighted by molar-refractivity contribution is 0.247. The number of halogens is 1. The maximum atomic E-state index is 12.8. The number of nitrogens with one attached hydrogen (secondary N) is 2. The first-order chi connectivity index (χ1) is 13.1. The third kappa shape index (κ3) is 3.62. The number of hydrogen-bond donors (Lipinski definition) is 2. The van der Waals surface area contributed by atoms with Crippen molar-refractivity contribution in [2.75, 3.05) is 5.32 Å². The molecule has 6 heteroatoms. The van der Waals surface area contributed by atoms with Crippen LogP contribution in [0.2, 0.25) is 0 Å². The van der Waals surface area contributed by atoms with Gasteiger partial charge < -0.3 is 5.32 Å². The number of fused-ring (bicyclic) bond motifs is 1. The monoisotopic (exact) mass is 424 g/mol. The van der Waals surface area contributed by atoms with Crippen molar-refractivity contribution < 1.29 is 4.79 Å². The molecule has 0 saturated heterocycles. The molecule has 0 fully saturated rings. The third-order valence-corrected chi connectivity index (χ3v) is 5.84. The number of nitrogens with zero attached hydrogens (tertiary/aromatic N) is 2. The molecule has 138 valence electrons. The first-order valence-corrected chi connectivity index (χ1v) is 9.88. The van der Waals surface area contributed by atoms with E-state index in [9.17, 15) is 4.79 Å². The number of urea groups is 1. The summed E-state index contributed by atoms with van der Waals surface area (Å²) in [5.74, 6) is 0.625. The summed E-state index contributed by atoms with van der Waals surface area (Å²) in [4.78, 5) is 12.8. The summed E-state index contributed by atoms with van der Waals surface area (Å²) in [5.41, 5.74) is 4.24. The van der Waals surface area contributed by atoms with E-state index in [-0.39, 0.29) is 12.1 Å². The second-order valence-corrected chi connectivity index (χ2v) is 7.53. The van der Waals surface area contributed by atoms with E-state index in [4.69, 9.17) is 0 Å². The van der Waals surface area contributed by atoms with Gasteiger partial charge in [-0.3, -0.25) is 5.32 Å². The highest BCUT2D eigenvalue weighted by Crippen LogP contribution is 2.31. The number of anilines is 1. The zero-order valence-electron chi connectivity index (χ0n) is 15.1. The van der Waals surface area contributed by atoms with Gasteiger partial charge in [-0.25, -0.2) is 9.48 Å². The van der Waals surface area contributed by atoms with E-state index >= 15 is 0 Å². The molecule has 2 amide bonds. The lowest BCUT2D eigenvalue weighted by atomic mass is 9.88. The lowest BCUT2D eigenvalue weighted by Crippen LogP contribution is -2.35. The Morgan fingerprint density at radius 1 is 1.15 bits per heavy atom. The summed E-state index contributed by atoms with van der Waals surface area (Å²) in [6.07, 6.45) is 3.09. The van der Waals surface area contributed by atoms with Crippen molar-refractivity contribution in [1.82, 2.24) is 15.1 Å². The van der Waals surface area contributed by atoms with Crippen LogP contribution in [0, 0.1) is 6.92 Å². The Morgan fingerprint density at radius 2 is 1.89 bits per heavy atom. The summed E-state index contributed by atoms with van der Waals surface area (Å²) in [5, 5.41) is 10.7. The molecular weight excluding hydrogens is 404 g/mol. The van der Waals surface area contributed by atoms with Gasteiger partial charge in [0, 0.05) is 0 Å². The topological polar surface area (TPSA) is 59.0 Å². The van der Waals surface area contributed by atoms with Gasteiger partial charge in [-0.15, -0.1) is 0 Å². The normalized spacial score (nSPS) is 15.9. The summed E-state index contributed by atoms with van der Waals surface area (Å²) < 4.78 is 2.53. The molecule has 0 radical (unpaired) electrons. The fourth-order valence-electron chi connectivity index (χ4n) is 3.58. The number of para-hydroxylation sites is 1. The van der Waals surface area contributed by atoms with Crippen molar-refractivity contribution in [2.24, 2.45) is 0 Å². The van der Waals surface area contributed by atoms with Gasteiger partial charge >= 0.3 is 6.03 Å². The highest BCUT2D eigenvalue weighted by Gasteiger charge is 2.23. The van der Waals surface area contributed by atoms with Gasteiger partial charge in [0.25, 0.3) is 0 Å². The average Bonchev–Trinajstić information content (AvgIpc) is 2.97. The van der Waals surface area contributed by atoms with Gasteiger partial charge in [0.1, 0.15) is 0 Å². The smallest absolute Gasteiger partial charge is 0.320 e. The minimum absolute atomic E-state index is 0.0305. The Labute approximate surface area is 166 Å². The van der Waals surface area contributed by atoms with Crippen LogP contribution in [0.25, 0.3) is 5.69 Å². The van der Waals surface area contributed by atoms with Crippen LogP contribution in [0.4, 0.5) is 10.6 Å². The van der Waals surface area contributed by atoms with E-state index < -0.39 is 0 Å². The molecule has 2 aromatic carbocycles. The zero-order chi connectivity index (χ0) is 18.8. The first kappa shape index (κ1) is 17.8. The Hall–Kier alpha value is -2.60. The van der Waals surface area contributed by atoms with Crippen LogP contribution in [0.15, 0.2) is 59.1 Å². The van der Waals surface area contributed by atoms with Crippen LogP contribution in [0.5, 0.6) is 0 Å². The molecule has 0 bridgehead atoms. The number of carbonyl (C=O) groups is 1. The van der Waals surface area contributed by atoms with E-state index in [1.807, 2.05) is 43.3 Å². The molecule has 1 aliphatic rings. The fraction of sp³-hybridized carbons (Fsp3) is 0.238. The van der Waals surface area contributed by atoms with Gasteiger partial charge in [-0.2, -0.15) is 5.10 Å². The van der Waals surface area contributed by atoms with Crippen LogP contribution >= 0.6 is 15.9 Å². The molecule has 0 unspecified atom stereocenters. The molecule has 0 saturated carbocycles. The zero-order valence-corrected chi connectivity index (χ0v) is 16.7. The molecule has 3 aromatic rings. The summed E-state index contributed by atoms with van der Waals surface area (Å²) in [6, 6.07) is 17.9. The quantitative estimate of drug-likeness (QED) is 0.611. The summed E-state index contributed by atoms with van der Waals surface area (Å²) >= 11 is 3.55. The molecule has 1 heterocycles. The van der Waals surface area contributed by atoms with Crippen LogP contribution in [-0.2, 0) is 6.42 Å². The van der Waals surface area contributed by atoms with E-state index in [1.165, 1.54) is 11.1 Å². The Kier molecular flexibility index (Phi) is 4.99. The van der Waals surface area contributed by atoms with Crippen LogP contribution in [0.1, 0.15) is 35.7 Å². The molecule has 0 spiro atoms. The van der Waals surface area contributed by atoms with Gasteiger partial charge in [0.2, 0.25) is 0 Å². The fourth-order valence-corrected chi connectivity index (χ4v) is 3.92.